The summed E-state index contributed by atoms with van der Waals surface area (Å²) >= 11 is 12.1. The first-order chi connectivity index (χ1) is 9.20. The van der Waals surface area contributed by atoms with Crippen molar-refractivity contribution in [3.05, 3.63) is 17.0 Å². The van der Waals surface area contributed by atoms with Crippen LogP contribution in [-0.2, 0) is 5.88 Å². The van der Waals surface area contributed by atoms with Crippen molar-refractivity contribution in [3.63, 3.8) is 0 Å². The zero-order valence-corrected chi connectivity index (χ0v) is 12.5. The number of hydrogen-bond donors (Lipinski definition) is 0. The number of aromatic nitrogens is 2. The second-order valence-corrected chi connectivity index (χ2v) is 6.01. The topological polar surface area (TPSA) is 32.3 Å². The lowest BCUT2D eigenvalue weighted by Crippen LogP contribution is -2.37. The van der Waals surface area contributed by atoms with Crippen LogP contribution < -0.4 is 4.90 Å². The Morgan fingerprint density at radius 3 is 2.84 bits per heavy atom. The number of rotatable bonds is 2. The lowest BCUT2D eigenvalue weighted by molar-refractivity contribution is 0.254. The second-order valence-electron chi connectivity index (χ2n) is 5.39. The fourth-order valence-electron chi connectivity index (χ4n) is 3.27. The first-order valence-electron chi connectivity index (χ1n) is 6.73. The van der Waals surface area contributed by atoms with Crippen molar-refractivity contribution >= 4 is 29.0 Å². The summed E-state index contributed by atoms with van der Waals surface area (Å²) in [5.74, 6) is 1.27. The zero-order chi connectivity index (χ0) is 13.4. The van der Waals surface area contributed by atoms with Crippen molar-refractivity contribution < 1.29 is 0 Å². The summed E-state index contributed by atoms with van der Waals surface area (Å²) < 4.78 is 0. The minimum absolute atomic E-state index is 0.357. The Labute approximate surface area is 123 Å². The van der Waals surface area contributed by atoms with Crippen molar-refractivity contribution in [2.24, 2.45) is 0 Å². The second kappa shape index (κ2) is 5.43. The molecule has 0 radical (unpaired) electrons. The monoisotopic (exact) mass is 300 g/mol. The molecule has 2 saturated heterocycles. The standard InChI is InChI=1S/C13H18Cl2N4/c1-18-9-2-3-10(18)7-19(5-4-9)13-11(6-14)12(15)16-8-17-13/h8-10H,2-7H2,1H3. The average Bonchev–Trinajstić information content (AvgIpc) is 2.63. The summed E-state index contributed by atoms with van der Waals surface area (Å²) in [6, 6.07) is 1.33. The van der Waals surface area contributed by atoms with Gasteiger partial charge < -0.3 is 4.90 Å². The molecule has 1 aromatic rings. The fourth-order valence-corrected chi connectivity index (χ4v) is 3.78. The molecule has 0 N–H and O–H groups in total. The summed E-state index contributed by atoms with van der Waals surface area (Å²) in [5.41, 5.74) is 0.853. The van der Waals surface area contributed by atoms with Crippen LogP contribution in [0.15, 0.2) is 6.33 Å². The molecule has 0 aromatic carbocycles. The van der Waals surface area contributed by atoms with Gasteiger partial charge >= 0.3 is 0 Å². The highest BCUT2D eigenvalue weighted by Gasteiger charge is 2.35. The summed E-state index contributed by atoms with van der Waals surface area (Å²) in [4.78, 5) is 13.3. The Morgan fingerprint density at radius 2 is 2.05 bits per heavy atom. The summed E-state index contributed by atoms with van der Waals surface area (Å²) in [5, 5.41) is 0.475. The maximum atomic E-state index is 6.12. The SMILES string of the molecule is CN1C2CCC1CN(c1ncnc(Cl)c1CCl)CC2. The molecule has 0 saturated carbocycles. The van der Waals surface area contributed by atoms with E-state index in [9.17, 15) is 0 Å². The lowest BCUT2D eigenvalue weighted by atomic mass is 10.1. The molecule has 1 aromatic heterocycles. The van der Waals surface area contributed by atoms with Gasteiger partial charge in [-0.25, -0.2) is 9.97 Å². The lowest BCUT2D eigenvalue weighted by Gasteiger charge is -2.28. The normalized spacial score (nSPS) is 27.6. The fraction of sp³-hybridized carbons (Fsp3) is 0.692. The van der Waals surface area contributed by atoms with Crippen LogP contribution in [0.4, 0.5) is 5.82 Å². The van der Waals surface area contributed by atoms with Crippen LogP contribution in [0.25, 0.3) is 0 Å². The molecule has 19 heavy (non-hydrogen) atoms. The molecule has 0 aliphatic carbocycles. The third kappa shape index (κ3) is 2.41. The Bertz CT molecular complexity index is 468. The number of anilines is 1. The molecule has 2 bridgehead atoms. The molecule has 2 fully saturated rings. The smallest absolute Gasteiger partial charge is 0.138 e. The van der Waals surface area contributed by atoms with Crippen molar-refractivity contribution in [1.82, 2.24) is 14.9 Å². The van der Waals surface area contributed by atoms with E-state index < -0.39 is 0 Å². The highest BCUT2D eigenvalue weighted by Crippen LogP contribution is 2.32. The zero-order valence-electron chi connectivity index (χ0n) is 11.0. The molecule has 3 heterocycles. The van der Waals surface area contributed by atoms with Crippen LogP contribution in [0, 0.1) is 0 Å². The van der Waals surface area contributed by atoms with E-state index in [0.29, 0.717) is 23.1 Å². The molecule has 104 valence electrons. The third-order valence-electron chi connectivity index (χ3n) is 4.45. The van der Waals surface area contributed by atoms with E-state index in [1.165, 1.54) is 25.6 Å². The largest absolute Gasteiger partial charge is 0.355 e. The van der Waals surface area contributed by atoms with Gasteiger partial charge in [0.1, 0.15) is 17.3 Å². The van der Waals surface area contributed by atoms with Gasteiger partial charge in [-0.05, 0) is 26.3 Å². The van der Waals surface area contributed by atoms with Gasteiger partial charge in [-0.2, -0.15) is 0 Å². The average molecular weight is 301 g/mol. The van der Waals surface area contributed by atoms with Crippen LogP contribution in [-0.4, -0.2) is 47.1 Å². The van der Waals surface area contributed by atoms with Gasteiger partial charge in [-0.3, -0.25) is 4.90 Å². The van der Waals surface area contributed by atoms with E-state index in [0.717, 1.165) is 24.5 Å². The van der Waals surface area contributed by atoms with Gasteiger partial charge in [-0.15, -0.1) is 11.6 Å². The van der Waals surface area contributed by atoms with Crippen molar-refractivity contribution in [1.29, 1.82) is 0 Å². The van der Waals surface area contributed by atoms with Crippen molar-refractivity contribution in [2.45, 2.75) is 37.2 Å². The van der Waals surface area contributed by atoms with Gasteiger partial charge in [0.25, 0.3) is 0 Å². The van der Waals surface area contributed by atoms with E-state index in [1.807, 2.05) is 0 Å². The molecule has 2 aliphatic rings. The molecule has 3 rings (SSSR count). The minimum atomic E-state index is 0.357. The number of hydrogen-bond acceptors (Lipinski definition) is 4. The van der Waals surface area contributed by atoms with Crippen molar-refractivity contribution in [3.8, 4) is 0 Å². The first kappa shape index (κ1) is 13.4. The molecule has 2 unspecified atom stereocenters. The number of alkyl halides is 1. The quantitative estimate of drug-likeness (QED) is 0.621. The van der Waals surface area contributed by atoms with Crippen LogP contribution in [0.3, 0.4) is 0 Å². The van der Waals surface area contributed by atoms with Gasteiger partial charge in [-0.1, -0.05) is 11.6 Å². The van der Waals surface area contributed by atoms with E-state index in [4.69, 9.17) is 23.2 Å². The van der Waals surface area contributed by atoms with Crippen LogP contribution in [0.2, 0.25) is 5.15 Å². The molecule has 0 spiro atoms. The van der Waals surface area contributed by atoms with Crippen molar-refractivity contribution in [2.75, 3.05) is 25.0 Å². The number of likely N-dealkylation sites (N-methyl/N-ethyl adjacent to an activating group) is 1. The molecular formula is C13H18Cl2N4. The van der Waals surface area contributed by atoms with E-state index >= 15 is 0 Å². The van der Waals surface area contributed by atoms with Gasteiger partial charge in [0.2, 0.25) is 0 Å². The van der Waals surface area contributed by atoms with E-state index in [2.05, 4.69) is 26.8 Å². The van der Waals surface area contributed by atoms with Crippen LogP contribution in [0.1, 0.15) is 24.8 Å². The predicted molar refractivity (Wildman–Crippen MR) is 78.0 cm³/mol. The minimum Gasteiger partial charge on any atom is -0.355 e. The molecule has 2 atom stereocenters. The van der Waals surface area contributed by atoms with Gasteiger partial charge in [0.05, 0.1) is 5.88 Å². The predicted octanol–water partition coefficient (Wildman–Crippen LogP) is 2.54. The first-order valence-corrected chi connectivity index (χ1v) is 7.64. The van der Waals surface area contributed by atoms with Gasteiger partial charge in [0.15, 0.2) is 0 Å². The number of fused-ring (bicyclic) bond motifs is 2. The van der Waals surface area contributed by atoms with E-state index in [1.54, 1.807) is 0 Å². The van der Waals surface area contributed by atoms with Crippen LogP contribution >= 0.6 is 23.2 Å². The summed E-state index contributed by atoms with van der Waals surface area (Å²) in [6.45, 7) is 2.02. The van der Waals surface area contributed by atoms with Crippen LogP contribution in [0.5, 0.6) is 0 Å². The number of halogens is 2. The summed E-state index contributed by atoms with van der Waals surface area (Å²) in [6.07, 6.45) is 5.30. The molecule has 2 aliphatic heterocycles. The maximum Gasteiger partial charge on any atom is 0.138 e. The molecular weight excluding hydrogens is 283 g/mol. The molecule has 4 nitrogen and oxygen atoms in total. The molecule has 6 heteroatoms. The van der Waals surface area contributed by atoms with E-state index in [-0.39, 0.29) is 0 Å². The number of nitrogens with zero attached hydrogens (tertiary/aromatic N) is 4. The maximum absolute atomic E-state index is 6.12. The van der Waals surface area contributed by atoms with Gasteiger partial charge in [0, 0.05) is 30.7 Å². The highest BCUT2D eigenvalue weighted by atomic mass is 35.5. The summed E-state index contributed by atoms with van der Waals surface area (Å²) in [7, 11) is 2.24. The Balaban J connectivity index is 1.89. The molecule has 0 amide bonds. The third-order valence-corrected chi connectivity index (χ3v) is 5.04. The highest BCUT2D eigenvalue weighted by molar-refractivity contribution is 6.31. The Kier molecular flexibility index (Phi) is 3.83. The Hall–Kier alpha value is -0.580. The Morgan fingerprint density at radius 1 is 1.26 bits per heavy atom.